The van der Waals surface area contributed by atoms with Crippen molar-refractivity contribution in [1.82, 2.24) is 4.72 Å². The van der Waals surface area contributed by atoms with Gasteiger partial charge >= 0.3 is 0 Å². The number of aryl methyl sites for hydroxylation is 2. The molecule has 1 aliphatic rings. The number of nitrogens with one attached hydrogen (secondary N) is 1. The van der Waals surface area contributed by atoms with Crippen molar-refractivity contribution in [2.45, 2.75) is 30.5 Å². The molecule has 1 aromatic carbocycles. The van der Waals surface area contributed by atoms with Gasteiger partial charge < -0.3 is 4.90 Å². The molecule has 1 amide bonds. The molecular weight excluding hydrogens is 332 g/mol. The van der Waals surface area contributed by atoms with Crippen molar-refractivity contribution < 1.29 is 13.2 Å². The van der Waals surface area contributed by atoms with Gasteiger partial charge in [-0.3, -0.25) is 4.79 Å². The van der Waals surface area contributed by atoms with Crippen LogP contribution >= 0.6 is 11.3 Å². The third kappa shape index (κ3) is 3.31. The van der Waals surface area contributed by atoms with E-state index in [2.05, 4.69) is 4.72 Å². The van der Waals surface area contributed by atoms with E-state index in [0.29, 0.717) is 6.54 Å². The first-order valence-electron chi connectivity index (χ1n) is 7.30. The number of hydrogen-bond acceptors (Lipinski definition) is 4. The van der Waals surface area contributed by atoms with Crippen molar-refractivity contribution in [1.29, 1.82) is 0 Å². The van der Waals surface area contributed by atoms with Crippen molar-refractivity contribution in [3.05, 3.63) is 46.8 Å². The largest absolute Gasteiger partial charge is 0.311 e. The Labute approximate surface area is 140 Å². The van der Waals surface area contributed by atoms with Gasteiger partial charge in [0.05, 0.1) is 0 Å². The second kappa shape index (κ2) is 6.07. The topological polar surface area (TPSA) is 66.5 Å². The number of amides is 1. The number of carbonyl (C=O) groups excluding carboxylic acids is 1. The van der Waals surface area contributed by atoms with E-state index in [9.17, 15) is 13.2 Å². The third-order valence-electron chi connectivity index (χ3n) is 4.01. The molecule has 0 bridgehead atoms. The van der Waals surface area contributed by atoms with E-state index in [4.69, 9.17) is 0 Å². The smallest absolute Gasteiger partial charge is 0.250 e. The first kappa shape index (κ1) is 16.2. The van der Waals surface area contributed by atoms with Gasteiger partial charge in [-0.2, -0.15) is 0 Å². The zero-order valence-corrected chi connectivity index (χ0v) is 14.6. The lowest BCUT2D eigenvalue weighted by atomic mass is 10.1. The Morgan fingerprint density at radius 1 is 1.22 bits per heavy atom. The molecule has 5 nitrogen and oxygen atoms in total. The fourth-order valence-corrected chi connectivity index (χ4v) is 4.86. The summed E-state index contributed by atoms with van der Waals surface area (Å²) in [7, 11) is -3.55. The van der Waals surface area contributed by atoms with Crippen LogP contribution in [0.25, 0.3) is 0 Å². The van der Waals surface area contributed by atoms with Crippen LogP contribution in [-0.2, 0) is 14.8 Å². The summed E-state index contributed by atoms with van der Waals surface area (Å²) in [6.45, 7) is 4.37. The average Bonchev–Trinajstić information content (AvgIpc) is 3.12. The third-order valence-corrected chi connectivity index (χ3v) is 6.93. The number of benzene rings is 1. The molecule has 1 aliphatic heterocycles. The molecule has 0 aliphatic carbocycles. The molecule has 1 N–H and O–H groups in total. The maximum atomic E-state index is 12.3. The Morgan fingerprint density at radius 2 is 2.00 bits per heavy atom. The molecule has 1 fully saturated rings. The van der Waals surface area contributed by atoms with Gasteiger partial charge in [0.1, 0.15) is 4.21 Å². The van der Waals surface area contributed by atoms with Gasteiger partial charge in [0, 0.05) is 24.7 Å². The van der Waals surface area contributed by atoms with Crippen LogP contribution in [0.5, 0.6) is 0 Å². The normalized spacial score (nSPS) is 18.6. The lowest BCUT2D eigenvalue weighted by molar-refractivity contribution is -0.117. The lowest BCUT2D eigenvalue weighted by Gasteiger charge is -2.18. The number of rotatable bonds is 4. The highest BCUT2D eigenvalue weighted by molar-refractivity contribution is 7.91. The number of hydrogen-bond donors (Lipinski definition) is 1. The first-order chi connectivity index (χ1) is 10.9. The minimum Gasteiger partial charge on any atom is -0.311 e. The summed E-state index contributed by atoms with van der Waals surface area (Å²) in [6, 6.07) is 8.68. The zero-order valence-electron chi connectivity index (χ0n) is 12.9. The summed E-state index contributed by atoms with van der Waals surface area (Å²) < 4.78 is 27.4. The summed E-state index contributed by atoms with van der Waals surface area (Å²) in [5.41, 5.74) is 3.09. The van der Waals surface area contributed by atoms with E-state index in [-0.39, 0.29) is 16.5 Å². The van der Waals surface area contributed by atoms with Gasteiger partial charge in [0.25, 0.3) is 0 Å². The zero-order chi connectivity index (χ0) is 16.6. The maximum absolute atomic E-state index is 12.3. The van der Waals surface area contributed by atoms with Crippen molar-refractivity contribution in [2.75, 3.05) is 11.4 Å². The Bertz CT molecular complexity index is 829. The van der Waals surface area contributed by atoms with Crippen LogP contribution in [0.3, 0.4) is 0 Å². The second-order valence-electron chi connectivity index (χ2n) is 5.73. The van der Waals surface area contributed by atoms with Crippen molar-refractivity contribution in [2.24, 2.45) is 0 Å². The van der Waals surface area contributed by atoms with Crippen LogP contribution in [0, 0.1) is 13.8 Å². The fourth-order valence-electron chi connectivity index (χ4n) is 2.62. The molecule has 2 heterocycles. The Morgan fingerprint density at radius 3 is 2.65 bits per heavy atom. The van der Waals surface area contributed by atoms with Gasteiger partial charge in [-0.1, -0.05) is 12.1 Å². The molecule has 3 rings (SSSR count). The first-order valence-corrected chi connectivity index (χ1v) is 9.66. The van der Waals surface area contributed by atoms with Crippen molar-refractivity contribution in [3.8, 4) is 0 Å². The average molecular weight is 350 g/mol. The molecule has 122 valence electrons. The molecule has 0 saturated carbocycles. The predicted molar refractivity (Wildman–Crippen MR) is 91.3 cm³/mol. The number of nitrogens with zero attached hydrogens (tertiary/aromatic N) is 1. The SMILES string of the molecule is Cc1ccc(N2C[C@@H](NS(=O)(=O)c3cccs3)CC2=O)cc1C. The highest BCUT2D eigenvalue weighted by atomic mass is 32.2. The molecule has 0 radical (unpaired) electrons. The van der Waals surface area contributed by atoms with E-state index in [1.165, 1.54) is 11.3 Å². The van der Waals surface area contributed by atoms with Gasteiger partial charge in [-0.05, 0) is 48.6 Å². The van der Waals surface area contributed by atoms with E-state index < -0.39 is 16.1 Å². The molecule has 1 aromatic heterocycles. The van der Waals surface area contributed by atoms with Crippen LogP contribution in [-0.4, -0.2) is 26.9 Å². The molecule has 23 heavy (non-hydrogen) atoms. The summed E-state index contributed by atoms with van der Waals surface area (Å²) in [5.74, 6) is -0.0628. The van der Waals surface area contributed by atoms with Crippen LogP contribution in [0.1, 0.15) is 17.5 Å². The highest BCUT2D eigenvalue weighted by Crippen LogP contribution is 2.25. The van der Waals surface area contributed by atoms with Crippen LogP contribution < -0.4 is 9.62 Å². The second-order valence-corrected chi connectivity index (χ2v) is 8.62. The monoisotopic (exact) mass is 350 g/mol. The minimum atomic E-state index is -3.55. The quantitative estimate of drug-likeness (QED) is 0.921. The summed E-state index contributed by atoms with van der Waals surface area (Å²) in [4.78, 5) is 13.9. The van der Waals surface area contributed by atoms with Gasteiger partial charge in [0.15, 0.2) is 0 Å². The Hall–Kier alpha value is -1.70. The molecule has 7 heteroatoms. The molecule has 1 saturated heterocycles. The summed E-state index contributed by atoms with van der Waals surface area (Å²) in [6.07, 6.45) is 0.178. The Kier molecular flexibility index (Phi) is 4.27. The predicted octanol–water partition coefficient (Wildman–Crippen LogP) is 2.45. The fraction of sp³-hybridized carbons (Fsp3) is 0.312. The van der Waals surface area contributed by atoms with Crippen molar-refractivity contribution >= 4 is 33.0 Å². The van der Waals surface area contributed by atoms with Gasteiger partial charge in [0.2, 0.25) is 15.9 Å². The van der Waals surface area contributed by atoms with E-state index in [1.807, 2.05) is 32.0 Å². The molecule has 2 aromatic rings. The van der Waals surface area contributed by atoms with Crippen LogP contribution in [0.15, 0.2) is 39.9 Å². The van der Waals surface area contributed by atoms with E-state index in [0.717, 1.165) is 16.8 Å². The van der Waals surface area contributed by atoms with Crippen molar-refractivity contribution in [3.63, 3.8) is 0 Å². The van der Waals surface area contributed by atoms with Crippen LogP contribution in [0.4, 0.5) is 5.69 Å². The molecule has 0 spiro atoms. The maximum Gasteiger partial charge on any atom is 0.250 e. The Balaban J connectivity index is 1.76. The van der Waals surface area contributed by atoms with E-state index in [1.54, 1.807) is 22.4 Å². The lowest BCUT2D eigenvalue weighted by Crippen LogP contribution is -2.36. The standard InChI is InChI=1S/C16H18N2O3S2/c1-11-5-6-14(8-12(11)2)18-10-13(9-15(18)19)17-23(20,21)16-4-3-7-22-16/h3-8,13,17H,9-10H2,1-2H3/t13-/m0/s1. The molecular formula is C16H18N2O3S2. The highest BCUT2D eigenvalue weighted by Gasteiger charge is 2.33. The summed E-state index contributed by atoms with van der Waals surface area (Å²) >= 11 is 1.17. The van der Waals surface area contributed by atoms with E-state index >= 15 is 0 Å². The summed E-state index contributed by atoms with van der Waals surface area (Å²) in [5, 5.41) is 1.72. The molecule has 0 unspecified atom stereocenters. The van der Waals surface area contributed by atoms with Gasteiger partial charge in [-0.15, -0.1) is 11.3 Å². The molecule has 1 atom stereocenters. The number of thiophene rings is 1. The van der Waals surface area contributed by atoms with Gasteiger partial charge in [-0.25, -0.2) is 13.1 Å². The number of anilines is 1. The van der Waals surface area contributed by atoms with Crippen LogP contribution in [0.2, 0.25) is 0 Å². The number of carbonyl (C=O) groups is 1. The number of sulfonamides is 1. The minimum absolute atomic E-state index is 0.0628.